The van der Waals surface area contributed by atoms with Gasteiger partial charge in [0.1, 0.15) is 0 Å². The predicted octanol–water partition coefficient (Wildman–Crippen LogP) is 2.08. The monoisotopic (exact) mass is 251 g/mol. The smallest absolute Gasteiger partial charge is 0.0827 e. The first-order valence-corrected chi connectivity index (χ1v) is 7.05. The Hall–Kier alpha value is -1.18. The maximum absolute atomic E-state index is 11.8. The lowest BCUT2D eigenvalue weighted by Crippen LogP contribution is -2.11. The van der Waals surface area contributed by atoms with Crippen LogP contribution in [0.3, 0.4) is 0 Å². The van der Waals surface area contributed by atoms with Crippen molar-refractivity contribution < 1.29 is 8.95 Å². The Morgan fingerprint density at radius 3 is 2.71 bits per heavy atom. The highest BCUT2D eigenvalue weighted by Gasteiger charge is 2.13. The average molecular weight is 251 g/mol. The molecule has 0 aliphatic rings. The lowest BCUT2D eigenvalue weighted by molar-refractivity contribution is 0.200. The number of hydrogen-bond acceptors (Lipinski definition) is 3. The molecule has 3 nitrogen and oxygen atoms in total. The molecule has 0 N–H and O–H groups in total. The normalized spacial score (nSPS) is 13.9. The number of nitrogens with zero attached hydrogens (tertiary/aromatic N) is 1. The van der Waals surface area contributed by atoms with E-state index >= 15 is 0 Å². The standard InChI is InChI=1S/C13H17NO2S/c1-16-8-5-9-17(15)11-13(10-14)12-6-3-2-4-7-12/h2-4,6-7,13H,5,8-9,11H2,1H3. The molecule has 0 aliphatic carbocycles. The van der Waals surface area contributed by atoms with Crippen LogP contribution in [-0.2, 0) is 15.5 Å². The van der Waals surface area contributed by atoms with Crippen LogP contribution >= 0.6 is 0 Å². The lowest BCUT2D eigenvalue weighted by Gasteiger charge is -2.08. The van der Waals surface area contributed by atoms with E-state index in [1.165, 1.54) is 0 Å². The van der Waals surface area contributed by atoms with E-state index in [1.807, 2.05) is 30.3 Å². The van der Waals surface area contributed by atoms with Crippen LogP contribution in [0.5, 0.6) is 0 Å². The first kappa shape index (κ1) is 13.9. The summed E-state index contributed by atoms with van der Waals surface area (Å²) in [7, 11) is 0.675. The molecule has 0 saturated carbocycles. The van der Waals surface area contributed by atoms with Crippen molar-refractivity contribution >= 4 is 10.8 Å². The Balaban J connectivity index is 2.48. The van der Waals surface area contributed by atoms with Gasteiger partial charge in [-0.25, -0.2) is 0 Å². The minimum absolute atomic E-state index is 0.278. The van der Waals surface area contributed by atoms with Gasteiger partial charge in [-0.15, -0.1) is 0 Å². The maximum atomic E-state index is 11.8. The molecule has 92 valence electrons. The van der Waals surface area contributed by atoms with Gasteiger partial charge in [-0.05, 0) is 12.0 Å². The Bertz CT molecular complexity index is 386. The summed E-state index contributed by atoms with van der Waals surface area (Å²) in [4.78, 5) is 0. The Labute approximate surface area is 105 Å². The summed E-state index contributed by atoms with van der Waals surface area (Å²) in [5, 5.41) is 9.09. The third-order valence-electron chi connectivity index (χ3n) is 2.43. The Morgan fingerprint density at radius 2 is 2.12 bits per heavy atom. The molecule has 0 heterocycles. The van der Waals surface area contributed by atoms with Gasteiger partial charge in [0.25, 0.3) is 0 Å². The molecule has 2 atom stereocenters. The van der Waals surface area contributed by atoms with Crippen molar-refractivity contribution in [2.75, 3.05) is 25.2 Å². The van der Waals surface area contributed by atoms with E-state index in [9.17, 15) is 4.21 Å². The highest BCUT2D eigenvalue weighted by Crippen LogP contribution is 2.15. The van der Waals surface area contributed by atoms with Gasteiger partial charge in [0, 0.05) is 36.0 Å². The topological polar surface area (TPSA) is 50.1 Å². The van der Waals surface area contributed by atoms with Crippen LogP contribution < -0.4 is 0 Å². The average Bonchev–Trinajstić information content (AvgIpc) is 2.37. The molecule has 1 aromatic rings. The first-order valence-electron chi connectivity index (χ1n) is 5.56. The van der Waals surface area contributed by atoms with Gasteiger partial charge in [-0.1, -0.05) is 30.3 Å². The third-order valence-corrected chi connectivity index (χ3v) is 3.88. The highest BCUT2D eigenvalue weighted by molar-refractivity contribution is 7.85. The molecule has 0 spiro atoms. The molecular formula is C13H17NO2S. The van der Waals surface area contributed by atoms with Crippen LogP contribution in [0.1, 0.15) is 17.9 Å². The first-order chi connectivity index (χ1) is 8.27. The fourth-order valence-corrected chi connectivity index (χ4v) is 2.77. The van der Waals surface area contributed by atoms with Crippen LogP contribution in [0.25, 0.3) is 0 Å². The predicted molar refractivity (Wildman–Crippen MR) is 69.2 cm³/mol. The SMILES string of the molecule is COCCCS(=O)CC(C#N)c1ccccc1. The third kappa shape index (κ3) is 5.12. The molecular weight excluding hydrogens is 234 g/mol. The molecule has 0 fully saturated rings. The summed E-state index contributed by atoms with van der Waals surface area (Å²) < 4.78 is 16.7. The van der Waals surface area contributed by atoms with Gasteiger partial charge in [0.05, 0.1) is 12.0 Å². The fourth-order valence-electron chi connectivity index (χ4n) is 1.53. The van der Waals surface area contributed by atoms with Gasteiger partial charge in [-0.2, -0.15) is 5.26 Å². The van der Waals surface area contributed by atoms with Crippen molar-refractivity contribution in [1.29, 1.82) is 5.26 Å². The minimum Gasteiger partial charge on any atom is -0.385 e. The molecule has 0 radical (unpaired) electrons. The van der Waals surface area contributed by atoms with Crippen molar-refractivity contribution in [1.82, 2.24) is 0 Å². The van der Waals surface area contributed by atoms with E-state index in [0.717, 1.165) is 12.0 Å². The van der Waals surface area contributed by atoms with Gasteiger partial charge < -0.3 is 4.74 Å². The number of methoxy groups -OCH3 is 1. The molecule has 1 rings (SSSR count). The largest absolute Gasteiger partial charge is 0.385 e. The van der Waals surface area contributed by atoms with Crippen molar-refractivity contribution in [3.63, 3.8) is 0 Å². The zero-order valence-electron chi connectivity index (χ0n) is 9.96. The lowest BCUT2D eigenvalue weighted by atomic mass is 10.0. The molecule has 4 heteroatoms. The van der Waals surface area contributed by atoms with Crippen LogP contribution in [0.2, 0.25) is 0 Å². The summed E-state index contributed by atoms with van der Waals surface area (Å²) in [6.45, 7) is 0.619. The van der Waals surface area contributed by atoms with E-state index in [4.69, 9.17) is 10.00 Å². The number of benzene rings is 1. The maximum Gasteiger partial charge on any atom is 0.0827 e. The second-order valence-electron chi connectivity index (χ2n) is 3.75. The summed E-state index contributed by atoms with van der Waals surface area (Å²) in [5.41, 5.74) is 0.940. The summed E-state index contributed by atoms with van der Waals surface area (Å²) in [6.07, 6.45) is 0.774. The molecule has 0 aromatic heterocycles. The summed E-state index contributed by atoms with van der Waals surface area (Å²) >= 11 is 0. The van der Waals surface area contributed by atoms with Crippen LogP contribution in [0.4, 0.5) is 0 Å². The van der Waals surface area contributed by atoms with E-state index in [0.29, 0.717) is 18.1 Å². The molecule has 2 unspecified atom stereocenters. The molecule has 0 saturated heterocycles. The quantitative estimate of drug-likeness (QED) is 0.697. The second kappa shape index (κ2) is 7.99. The second-order valence-corrected chi connectivity index (χ2v) is 5.37. The molecule has 0 aliphatic heterocycles. The number of rotatable bonds is 7. The molecule has 0 amide bonds. The van der Waals surface area contributed by atoms with Gasteiger partial charge >= 0.3 is 0 Å². The molecule has 1 aromatic carbocycles. The summed E-state index contributed by atoms with van der Waals surface area (Å²) in [5.74, 6) is 0.725. The molecule has 17 heavy (non-hydrogen) atoms. The Morgan fingerprint density at radius 1 is 1.41 bits per heavy atom. The van der Waals surface area contributed by atoms with Crippen LogP contribution in [0.15, 0.2) is 30.3 Å². The van der Waals surface area contributed by atoms with Crippen LogP contribution in [0, 0.1) is 11.3 Å². The number of ether oxygens (including phenoxy) is 1. The highest BCUT2D eigenvalue weighted by atomic mass is 32.2. The van der Waals surface area contributed by atoms with E-state index in [1.54, 1.807) is 7.11 Å². The zero-order valence-corrected chi connectivity index (χ0v) is 10.8. The van der Waals surface area contributed by atoms with Crippen molar-refractivity contribution in [2.45, 2.75) is 12.3 Å². The molecule has 0 bridgehead atoms. The van der Waals surface area contributed by atoms with E-state index in [-0.39, 0.29) is 5.92 Å². The van der Waals surface area contributed by atoms with E-state index in [2.05, 4.69) is 6.07 Å². The number of nitriles is 1. The van der Waals surface area contributed by atoms with Gasteiger partial charge in [0.15, 0.2) is 0 Å². The van der Waals surface area contributed by atoms with Crippen molar-refractivity contribution in [3.05, 3.63) is 35.9 Å². The van der Waals surface area contributed by atoms with Gasteiger partial charge in [-0.3, -0.25) is 4.21 Å². The van der Waals surface area contributed by atoms with E-state index < -0.39 is 10.8 Å². The zero-order chi connectivity index (χ0) is 12.5. The van der Waals surface area contributed by atoms with Crippen molar-refractivity contribution in [3.8, 4) is 6.07 Å². The van der Waals surface area contributed by atoms with Crippen molar-refractivity contribution in [2.24, 2.45) is 0 Å². The minimum atomic E-state index is -0.954. The van der Waals surface area contributed by atoms with Crippen LogP contribution in [-0.4, -0.2) is 29.4 Å². The Kier molecular flexibility index (Phi) is 6.53. The fraction of sp³-hybridized carbons (Fsp3) is 0.462. The number of hydrogen-bond donors (Lipinski definition) is 0. The summed E-state index contributed by atoms with van der Waals surface area (Å²) in [6, 6.07) is 11.7. The van der Waals surface area contributed by atoms with Gasteiger partial charge in [0.2, 0.25) is 0 Å².